The van der Waals surface area contributed by atoms with Gasteiger partial charge in [-0.05, 0) is 31.5 Å². The highest BCUT2D eigenvalue weighted by Crippen LogP contribution is 2.10. The molecule has 0 aliphatic heterocycles. The Labute approximate surface area is 102 Å². The van der Waals surface area contributed by atoms with Crippen LogP contribution in [0.4, 0.5) is 0 Å². The number of hydrogen-bond donors (Lipinski definition) is 1. The van der Waals surface area contributed by atoms with Crippen molar-refractivity contribution in [3.63, 3.8) is 0 Å². The summed E-state index contributed by atoms with van der Waals surface area (Å²) in [7, 11) is 0. The monoisotopic (exact) mass is 230 g/mol. The van der Waals surface area contributed by atoms with Crippen LogP contribution >= 0.6 is 0 Å². The van der Waals surface area contributed by atoms with Gasteiger partial charge in [-0.15, -0.1) is 0 Å². The van der Waals surface area contributed by atoms with Gasteiger partial charge in [0.25, 0.3) is 0 Å². The summed E-state index contributed by atoms with van der Waals surface area (Å²) in [6.45, 7) is 5.94. The van der Waals surface area contributed by atoms with E-state index in [1.165, 1.54) is 5.56 Å². The van der Waals surface area contributed by atoms with Crippen LogP contribution in [0.3, 0.4) is 0 Å². The quantitative estimate of drug-likeness (QED) is 0.855. The average molecular weight is 230 g/mol. The maximum absolute atomic E-state index is 4.48. The molecule has 0 amide bonds. The highest BCUT2D eigenvalue weighted by molar-refractivity contribution is 5.10. The molecule has 0 aromatic carbocycles. The van der Waals surface area contributed by atoms with Gasteiger partial charge in [0.2, 0.25) is 0 Å². The van der Waals surface area contributed by atoms with Gasteiger partial charge >= 0.3 is 0 Å². The van der Waals surface area contributed by atoms with Crippen LogP contribution in [-0.2, 0) is 13.1 Å². The maximum Gasteiger partial charge on any atom is 0.0791 e. The predicted octanol–water partition coefficient (Wildman–Crippen LogP) is 2.15. The van der Waals surface area contributed by atoms with Crippen molar-refractivity contribution in [1.29, 1.82) is 0 Å². The van der Waals surface area contributed by atoms with Crippen molar-refractivity contribution in [2.75, 3.05) is 0 Å². The van der Waals surface area contributed by atoms with Crippen LogP contribution in [0.5, 0.6) is 0 Å². The Morgan fingerprint density at radius 3 is 2.94 bits per heavy atom. The van der Waals surface area contributed by atoms with Gasteiger partial charge in [0.1, 0.15) is 0 Å². The molecule has 1 N–H and O–H groups in total. The molecule has 17 heavy (non-hydrogen) atoms. The minimum absolute atomic E-state index is 0.253. The van der Waals surface area contributed by atoms with Gasteiger partial charge < -0.3 is 5.32 Å². The Kier molecular flexibility index (Phi) is 3.88. The molecular weight excluding hydrogens is 212 g/mol. The molecule has 0 radical (unpaired) electrons. The smallest absolute Gasteiger partial charge is 0.0791 e. The maximum atomic E-state index is 4.48. The van der Waals surface area contributed by atoms with Crippen molar-refractivity contribution in [3.05, 3.63) is 48.0 Å². The standard InChI is InChI=1S/C13H18N4/c1-3-17-8-6-13(16-17)11(2)15-10-12-5-4-7-14-9-12/h4-9,11,15H,3,10H2,1-2H3. The Morgan fingerprint density at radius 2 is 2.29 bits per heavy atom. The van der Waals surface area contributed by atoms with Crippen LogP contribution in [0.15, 0.2) is 36.8 Å². The summed E-state index contributed by atoms with van der Waals surface area (Å²) in [6.07, 6.45) is 5.68. The Morgan fingerprint density at radius 1 is 1.41 bits per heavy atom. The molecule has 0 fully saturated rings. The van der Waals surface area contributed by atoms with E-state index < -0.39 is 0 Å². The zero-order valence-corrected chi connectivity index (χ0v) is 10.3. The first kappa shape index (κ1) is 11.8. The van der Waals surface area contributed by atoms with Crippen LogP contribution in [0.25, 0.3) is 0 Å². The second-order valence-electron chi connectivity index (χ2n) is 4.06. The molecule has 0 aliphatic rings. The third-order valence-electron chi connectivity index (χ3n) is 2.76. The van der Waals surface area contributed by atoms with Crippen molar-refractivity contribution in [2.24, 2.45) is 0 Å². The first-order valence-corrected chi connectivity index (χ1v) is 5.95. The molecule has 1 atom stereocenters. The summed E-state index contributed by atoms with van der Waals surface area (Å²) in [6, 6.07) is 6.33. The van der Waals surface area contributed by atoms with E-state index in [0.29, 0.717) is 0 Å². The van der Waals surface area contributed by atoms with Crippen LogP contribution in [-0.4, -0.2) is 14.8 Å². The molecule has 2 heterocycles. The van der Waals surface area contributed by atoms with Crippen molar-refractivity contribution in [3.8, 4) is 0 Å². The predicted molar refractivity (Wildman–Crippen MR) is 67.4 cm³/mol. The zero-order valence-electron chi connectivity index (χ0n) is 10.3. The molecule has 1 unspecified atom stereocenters. The fourth-order valence-corrected chi connectivity index (χ4v) is 1.66. The van der Waals surface area contributed by atoms with Gasteiger partial charge in [-0.25, -0.2) is 0 Å². The summed E-state index contributed by atoms with van der Waals surface area (Å²) in [4.78, 5) is 4.09. The number of pyridine rings is 1. The van der Waals surface area contributed by atoms with Crippen molar-refractivity contribution in [1.82, 2.24) is 20.1 Å². The number of rotatable bonds is 5. The summed E-state index contributed by atoms with van der Waals surface area (Å²) >= 11 is 0. The van der Waals surface area contributed by atoms with E-state index in [9.17, 15) is 0 Å². The second kappa shape index (κ2) is 5.59. The van der Waals surface area contributed by atoms with Crippen LogP contribution in [0.2, 0.25) is 0 Å². The lowest BCUT2D eigenvalue weighted by molar-refractivity contribution is 0.542. The van der Waals surface area contributed by atoms with E-state index in [2.05, 4.69) is 41.4 Å². The number of hydrogen-bond acceptors (Lipinski definition) is 3. The third-order valence-corrected chi connectivity index (χ3v) is 2.76. The molecule has 0 bridgehead atoms. The normalized spacial score (nSPS) is 12.6. The molecule has 0 spiro atoms. The van der Waals surface area contributed by atoms with E-state index in [1.807, 2.05) is 23.1 Å². The SMILES string of the molecule is CCn1ccc(C(C)NCc2cccnc2)n1. The number of nitrogens with one attached hydrogen (secondary N) is 1. The number of aromatic nitrogens is 3. The molecule has 4 nitrogen and oxygen atoms in total. The van der Waals surface area contributed by atoms with E-state index in [1.54, 1.807) is 6.20 Å². The highest BCUT2D eigenvalue weighted by Gasteiger charge is 2.07. The molecular formula is C13H18N4. The van der Waals surface area contributed by atoms with Crippen molar-refractivity contribution in [2.45, 2.75) is 33.0 Å². The minimum atomic E-state index is 0.253. The molecule has 90 valence electrons. The summed E-state index contributed by atoms with van der Waals surface area (Å²) < 4.78 is 1.94. The summed E-state index contributed by atoms with van der Waals surface area (Å²) in [5.41, 5.74) is 2.27. The minimum Gasteiger partial charge on any atom is -0.305 e. The summed E-state index contributed by atoms with van der Waals surface area (Å²) in [5.74, 6) is 0. The summed E-state index contributed by atoms with van der Waals surface area (Å²) in [5, 5.41) is 7.92. The lowest BCUT2D eigenvalue weighted by Gasteiger charge is -2.11. The Bertz CT molecular complexity index is 449. The van der Waals surface area contributed by atoms with E-state index in [-0.39, 0.29) is 6.04 Å². The Balaban J connectivity index is 1.91. The zero-order chi connectivity index (χ0) is 12.1. The third kappa shape index (κ3) is 3.14. The highest BCUT2D eigenvalue weighted by atomic mass is 15.3. The fourth-order valence-electron chi connectivity index (χ4n) is 1.66. The van der Waals surface area contributed by atoms with Crippen molar-refractivity contribution < 1.29 is 0 Å². The molecule has 0 saturated heterocycles. The molecule has 0 saturated carbocycles. The lowest BCUT2D eigenvalue weighted by Crippen LogP contribution is -2.18. The van der Waals surface area contributed by atoms with E-state index >= 15 is 0 Å². The second-order valence-corrected chi connectivity index (χ2v) is 4.06. The first-order valence-electron chi connectivity index (χ1n) is 5.95. The molecule has 4 heteroatoms. The van der Waals surface area contributed by atoms with E-state index in [0.717, 1.165) is 18.8 Å². The number of aryl methyl sites for hydroxylation is 1. The lowest BCUT2D eigenvalue weighted by atomic mass is 10.2. The largest absolute Gasteiger partial charge is 0.305 e. The number of nitrogens with zero attached hydrogens (tertiary/aromatic N) is 3. The van der Waals surface area contributed by atoms with Gasteiger partial charge in [-0.3, -0.25) is 9.67 Å². The van der Waals surface area contributed by atoms with Gasteiger partial charge in [0, 0.05) is 37.7 Å². The molecule has 2 aromatic rings. The molecule has 2 rings (SSSR count). The topological polar surface area (TPSA) is 42.7 Å². The van der Waals surface area contributed by atoms with Crippen LogP contribution in [0, 0.1) is 0 Å². The van der Waals surface area contributed by atoms with Crippen LogP contribution < -0.4 is 5.32 Å². The molecule has 0 aliphatic carbocycles. The van der Waals surface area contributed by atoms with E-state index in [4.69, 9.17) is 0 Å². The Hall–Kier alpha value is -1.68. The van der Waals surface area contributed by atoms with Crippen molar-refractivity contribution >= 4 is 0 Å². The van der Waals surface area contributed by atoms with Gasteiger partial charge in [0.15, 0.2) is 0 Å². The fraction of sp³-hybridized carbons (Fsp3) is 0.385. The van der Waals surface area contributed by atoms with Gasteiger partial charge in [-0.1, -0.05) is 6.07 Å². The molecule has 2 aromatic heterocycles. The van der Waals surface area contributed by atoms with Gasteiger partial charge in [-0.2, -0.15) is 5.10 Å². The van der Waals surface area contributed by atoms with Crippen LogP contribution in [0.1, 0.15) is 31.1 Å². The average Bonchev–Trinajstić information content (AvgIpc) is 2.86. The van der Waals surface area contributed by atoms with Gasteiger partial charge in [0.05, 0.1) is 5.69 Å². The first-order chi connectivity index (χ1) is 8.29.